The molecular formula is C11H17N3O2. The molecule has 2 rings (SSSR count). The lowest BCUT2D eigenvalue weighted by atomic mass is 10.1. The van der Waals surface area contributed by atoms with Crippen molar-refractivity contribution in [3.05, 3.63) is 22.2 Å². The highest BCUT2D eigenvalue weighted by Crippen LogP contribution is 2.33. The molecule has 5 heteroatoms. The minimum Gasteiger partial charge on any atom is -0.396 e. The topological polar surface area (TPSA) is 81.1 Å². The number of nitrogens with two attached hydrogens (primary N) is 1. The predicted octanol–water partition coefficient (Wildman–Crippen LogP) is 0.467. The molecule has 0 saturated heterocycles. The second kappa shape index (κ2) is 4.25. The summed E-state index contributed by atoms with van der Waals surface area (Å²) in [6.45, 7) is 2.05. The van der Waals surface area contributed by atoms with Crippen LogP contribution >= 0.6 is 0 Å². The second-order valence-corrected chi connectivity index (χ2v) is 4.51. The maximum Gasteiger partial charge on any atom is 0.349 e. The standard InChI is InChI=1S/C11H17N3O2/c1-7-5-14(11(16)13-10(7)12)9-3-2-8(4-9)6-15/h5,8-9,15H,2-4,6H2,1H3,(H2,12,13,16). The zero-order chi connectivity index (χ0) is 11.7. The van der Waals surface area contributed by atoms with Crippen LogP contribution < -0.4 is 11.4 Å². The summed E-state index contributed by atoms with van der Waals surface area (Å²) in [4.78, 5) is 15.5. The van der Waals surface area contributed by atoms with Crippen LogP contribution in [0.4, 0.5) is 5.82 Å². The first-order valence-corrected chi connectivity index (χ1v) is 5.58. The number of aliphatic hydroxyl groups is 1. The number of aryl methyl sites for hydroxylation is 1. The number of anilines is 1. The van der Waals surface area contributed by atoms with Gasteiger partial charge in [-0.05, 0) is 32.1 Å². The average molecular weight is 223 g/mol. The molecule has 88 valence electrons. The fourth-order valence-electron chi connectivity index (χ4n) is 2.31. The molecule has 0 radical (unpaired) electrons. The van der Waals surface area contributed by atoms with Crippen molar-refractivity contribution >= 4 is 5.82 Å². The number of hydrogen-bond donors (Lipinski definition) is 2. The second-order valence-electron chi connectivity index (χ2n) is 4.51. The monoisotopic (exact) mass is 223 g/mol. The molecule has 0 amide bonds. The third-order valence-corrected chi connectivity index (χ3v) is 3.34. The summed E-state index contributed by atoms with van der Waals surface area (Å²) < 4.78 is 1.65. The summed E-state index contributed by atoms with van der Waals surface area (Å²) >= 11 is 0. The summed E-state index contributed by atoms with van der Waals surface area (Å²) in [5.41, 5.74) is 6.12. The highest BCUT2D eigenvalue weighted by Gasteiger charge is 2.26. The molecule has 2 atom stereocenters. The Morgan fingerprint density at radius 2 is 2.38 bits per heavy atom. The van der Waals surface area contributed by atoms with Crippen molar-refractivity contribution in [1.29, 1.82) is 0 Å². The molecular weight excluding hydrogens is 206 g/mol. The van der Waals surface area contributed by atoms with Gasteiger partial charge in [0.2, 0.25) is 0 Å². The Morgan fingerprint density at radius 1 is 1.62 bits per heavy atom. The highest BCUT2D eigenvalue weighted by molar-refractivity contribution is 5.35. The van der Waals surface area contributed by atoms with Gasteiger partial charge in [0.05, 0.1) is 0 Å². The van der Waals surface area contributed by atoms with Crippen molar-refractivity contribution in [2.45, 2.75) is 32.2 Å². The number of aromatic nitrogens is 2. The maximum absolute atomic E-state index is 11.7. The Balaban J connectivity index is 2.28. The molecule has 1 fully saturated rings. The Bertz CT molecular complexity index is 441. The molecule has 1 aliphatic rings. The van der Waals surface area contributed by atoms with E-state index in [1.165, 1.54) is 0 Å². The lowest BCUT2D eigenvalue weighted by molar-refractivity contribution is 0.226. The largest absolute Gasteiger partial charge is 0.396 e. The molecule has 1 aromatic heterocycles. The van der Waals surface area contributed by atoms with Crippen LogP contribution in [0.15, 0.2) is 11.0 Å². The number of aliphatic hydroxyl groups excluding tert-OH is 1. The fourth-order valence-corrected chi connectivity index (χ4v) is 2.31. The first-order chi connectivity index (χ1) is 7.61. The maximum atomic E-state index is 11.7. The summed E-state index contributed by atoms with van der Waals surface area (Å²) in [5, 5.41) is 9.08. The molecule has 1 aliphatic carbocycles. The van der Waals surface area contributed by atoms with Gasteiger partial charge in [-0.3, -0.25) is 4.57 Å². The first-order valence-electron chi connectivity index (χ1n) is 5.58. The minimum atomic E-state index is -0.285. The van der Waals surface area contributed by atoms with E-state index in [0.717, 1.165) is 24.8 Å². The summed E-state index contributed by atoms with van der Waals surface area (Å²) in [6.07, 6.45) is 4.52. The molecule has 1 aromatic rings. The molecule has 16 heavy (non-hydrogen) atoms. The lowest BCUT2D eigenvalue weighted by Crippen LogP contribution is -2.27. The van der Waals surface area contributed by atoms with Crippen LogP contribution in [-0.4, -0.2) is 21.3 Å². The van der Waals surface area contributed by atoms with E-state index >= 15 is 0 Å². The Labute approximate surface area is 93.9 Å². The van der Waals surface area contributed by atoms with Crippen molar-refractivity contribution in [2.24, 2.45) is 5.92 Å². The fraction of sp³-hybridized carbons (Fsp3) is 0.636. The molecule has 0 bridgehead atoms. The molecule has 0 aliphatic heterocycles. The summed E-state index contributed by atoms with van der Waals surface area (Å²) in [7, 11) is 0. The van der Waals surface area contributed by atoms with Crippen LogP contribution in [0.3, 0.4) is 0 Å². The van der Waals surface area contributed by atoms with Gasteiger partial charge in [-0.1, -0.05) is 0 Å². The van der Waals surface area contributed by atoms with Gasteiger partial charge >= 0.3 is 5.69 Å². The molecule has 0 aromatic carbocycles. The van der Waals surface area contributed by atoms with Crippen LogP contribution in [0.1, 0.15) is 30.9 Å². The molecule has 3 N–H and O–H groups in total. The van der Waals surface area contributed by atoms with E-state index < -0.39 is 0 Å². The van der Waals surface area contributed by atoms with Crippen LogP contribution in [0.5, 0.6) is 0 Å². The van der Waals surface area contributed by atoms with Crippen LogP contribution in [-0.2, 0) is 0 Å². The molecule has 5 nitrogen and oxygen atoms in total. The van der Waals surface area contributed by atoms with Gasteiger partial charge in [-0.15, -0.1) is 0 Å². The summed E-state index contributed by atoms with van der Waals surface area (Å²) in [6, 6.07) is 0.163. The molecule has 1 heterocycles. The van der Waals surface area contributed by atoms with E-state index in [4.69, 9.17) is 10.8 Å². The van der Waals surface area contributed by atoms with Gasteiger partial charge in [0.25, 0.3) is 0 Å². The normalized spacial score (nSPS) is 24.9. The van der Waals surface area contributed by atoms with Crippen LogP contribution in [0.25, 0.3) is 0 Å². The third-order valence-electron chi connectivity index (χ3n) is 3.34. The smallest absolute Gasteiger partial charge is 0.349 e. The van der Waals surface area contributed by atoms with Gasteiger partial charge < -0.3 is 10.8 Å². The zero-order valence-electron chi connectivity index (χ0n) is 9.39. The number of nitrogens with zero attached hydrogens (tertiary/aromatic N) is 2. The number of rotatable bonds is 2. The molecule has 2 unspecified atom stereocenters. The number of nitrogen functional groups attached to an aromatic ring is 1. The molecule has 1 saturated carbocycles. The number of hydrogen-bond acceptors (Lipinski definition) is 4. The Kier molecular flexibility index (Phi) is 2.96. The van der Waals surface area contributed by atoms with Crippen molar-refractivity contribution in [3.63, 3.8) is 0 Å². The quantitative estimate of drug-likeness (QED) is 0.763. The van der Waals surface area contributed by atoms with Gasteiger partial charge in [-0.2, -0.15) is 4.98 Å². The Hall–Kier alpha value is -1.36. The summed E-state index contributed by atoms with van der Waals surface area (Å²) in [5.74, 6) is 0.618. The van der Waals surface area contributed by atoms with E-state index in [1.807, 2.05) is 6.92 Å². The van der Waals surface area contributed by atoms with Crippen molar-refractivity contribution in [3.8, 4) is 0 Å². The van der Waals surface area contributed by atoms with Crippen molar-refractivity contribution in [1.82, 2.24) is 9.55 Å². The SMILES string of the molecule is Cc1cn(C2CCC(CO)C2)c(=O)nc1N. The minimum absolute atomic E-state index is 0.163. The van der Waals surface area contributed by atoms with Gasteiger partial charge in [-0.25, -0.2) is 4.79 Å². The van der Waals surface area contributed by atoms with Crippen LogP contribution in [0, 0.1) is 12.8 Å². The van der Waals surface area contributed by atoms with Gasteiger partial charge in [0.1, 0.15) is 5.82 Å². The van der Waals surface area contributed by atoms with Crippen molar-refractivity contribution < 1.29 is 5.11 Å². The van der Waals surface area contributed by atoms with Crippen LogP contribution in [0.2, 0.25) is 0 Å². The predicted molar refractivity (Wildman–Crippen MR) is 61.1 cm³/mol. The Morgan fingerprint density at radius 3 is 3.00 bits per heavy atom. The zero-order valence-corrected chi connectivity index (χ0v) is 9.39. The van der Waals surface area contributed by atoms with Gasteiger partial charge in [0, 0.05) is 24.4 Å². The van der Waals surface area contributed by atoms with E-state index in [1.54, 1.807) is 10.8 Å². The van der Waals surface area contributed by atoms with E-state index in [-0.39, 0.29) is 18.3 Å². The highest BCUT2D eigenvalue weighted by atomic mass is 16.3. The first kappa shape index (κ1) is 11.1. The van der Waals surface area contributed by atoms with Crippen molar-refractivity contribution in [2.75, 3.05) is 12.3 Å². The van der Waals surface area contributed by atoms with Gasteiger partial charge in [0.15, 0.2) is 0 Å². The average Bonchev–Trinajstić information content (AvgIpc) is 2.71. The van der Waals surface area contributed by atoms with E-state index in [2.05, 4.69) is 4.98 Å². The van der Waals surface area contributed by atoms with E-state index in [0.29, 0.717) is 11.7 Å². The molecule has 0 spiro atoms. The third kappa shape index (κ3) is 1.95. The van der Waals surface area contributed by atoms with E-state index in [9.17, 15) is 4.79 Å². The lowest BCUT2D eigenvalue weighted by Gasteiger charge is -2.14.